The minimum atomic E-state index is -4.66. The van der Waals surface area contributed by atoms with Crippen LogP contribution < -0.4 is 5.32 Å². The molecule has 0 aromatic heterocycles. The number of hydrogen-bond donors (Lipinski definition) is 2. The van der Waals surface area contributed by atoms with Crippen LogP contribution in [0.5, 0.6) is 0 Å². The SMILES string of the molecule is O=C(O)CCNCc1ccc(CC=NOCc2ccc(-c3ccccc3F)c(C(F)(F)F)c2)cc1. The lowest BCUT2D eigenvalue weighted by atomic mass is 9.97. The van der Waals surface area contributed by atoms with E-state index in [1.807, 2.05) is 24.3 Å². The lowest BCUT2D eigenvalue weighted by Crippen LogP contribution is -2.17. The van der Waals surface area contributed by atoms with E-state index in [0.717, 1.165) is 23.3 Å². The number of carboxylic acids is 1. The zero-order valence-electron chi connectivity index (χ0n) is 18.7. The Morgan fingerprint density at radius 3 is 2.34 bits per heavy atom. The van der Waals surface area contributed by atoms with E-state index in [-0.39, 0.29) is 29.7 Å². The van der Waals surface area contributed by atoms with E-state index < -0.39 is 23.5 Å². The summed E-state index contributed by atoms with van der Waals surface area (Å²) in [5.74, 6) is -1.58. The van der Waals surface area contributed by atoms with Gasteiger partial charge in [-0.25, -0.2) is 4.39 Å². The molecule has 0 saturated carbocycles. The van der Waals surface area contributed by atoms with Crippen LogP contribution in [0.25, 0.3) is 11.1 Å². The largest absolute Gasteiger partial charge is 0.481 e. The van der Waals surface area contributed by atoms with Crippen molar-refractivity contribution in [3.63, 3.8) is 0 Å². The molecule has 3 rings (SSSR count). The first-order valence-electron chi connectivity index (χ1n) is 10.8. The van der Waals surface area contributed by atoms with Crippen LogP contribution in [-0.2, 0) is 35.4 Å². The van der Waals surface area contributed by atoms with Gasteiger partial charge in [0.2, 0.25) is 0 Å². The molecule has 3 aromatic rings. The molecule has 0 saturated heterocycles. The third kappa shape index (κ3) is 7.92. The van der Waals surface area contributed by atoms with Crippen molar-refractivity contribution in [1.82, 2.24) is 5.32 Å². The molecule has 0 fully saturated rings. The number of rotatable bonds is 11. The normalized spacial score (nSPS) is 11.7. The van der Waals surface area contributed by atoms with E-state index >= 15 is 0 Å². The highest BCUT2D eigenvalue weighted by Crippen LogP contribution is 2.38. The Bertz CT molecular complexity index is 1160. The van der Waals surface area contributed by atoms with Crippen molar-refractivity contribution in [2.24, 2.45) is 5.16 Å². The van der Waals surface area contributed by atoms with E-state index in [4.69, 9.17) is 9.94 Å². The van der Waals surface area contributed by atoms with Gasteiger partial charge >= 0.3 is 12.1 Å². The number of aliphatic carboxylic acids is 1. The summed E-state index contributed by atoms with van der Waals surface area (Å²) in [4.78, 5) is 15.7. The van der Waals surface area contributed by atoms with Gasteiger partial charge in [-0.3, -0.25) is 4.79 Å². The second kappa shape index (κ2) is 12.1. The monoisotopic (exact) mass is 488 g/mol. The number of hydrogen-bond acceptors (Lipinski definition) is 4. The summed E-state index contributed by atoms with van der Waals surface area (Å²) in [6, 6.07) is 16.6. The molecule has 0 radical (unpaired) electrons. The van der Waals surface area contributed by atoms with Crippen molar-refractivity contribution >= 4 is 12.2 Å². The minimum absolute atomic E-state index is 0.0573. The maximum absolute atomic E-state index is 14.1. The highest BCUT2D eigenvalue weighted by atomic mass is 19.4. The van der Waals surface area contributed by atoms with E-state index in [1.54, 1.807) is 0 Å². The van der Waals surface area contributed by atoms with Gasteiger partial charge in [0.05, 0.1) is 12.0 Å². The molecular weight excluding hydrogens is 464 g/mol. The molecule has 0 aliphatic carbocycles. The number of nitrogens with zero attached hydrogens (tertiary/aromatic N) is 1. The van der Waals surface area contributed by atoms with Gasteiger partial charge in [0.25, 0.3) is 0 Å². The number of carbonyl (C=O) groups is 1. The summed E-state index contributed by atoms with van der Waals surface area (Å²) in [6.45, 7) is 0.774. The van der Waals surface area contributed by atoms with Gasteiger partial charge < -0.3 is 15.3 Å². The summed E-state index contributed by atoms with van der Waals surface area (Å²) in [6.07, 6.45) is -2.62. The van der Waals surface area contributed by atoms with Crippen molar-refractivity contribution in [1.29, 1.82) is 0 Å². The molecule has 0 unspecified atom stereocenters. The average molecular weight is 488 g/mol. The topological polar surface area (TPSA) is 70.9 Å². The van der Waals surface area contributed by atoms with E-state index in [2.05, 4.69) is 10.5 Å². The molecule has 0 bridgehead atoms. The highest BCUT2D eigenvalue weighted by Gasteiger charge is 2.34. The first-order chi connectivity index (χ1) is 16.7. The van der Waals surface area contributed by atoms with Crippen LogP contribution in [-0.4, -0.2) is 23.8 Å². The maximum Gasteiger partial charge on any atom is 0.417 e. The number of halogens is 4. The van der Waals surface area contributed by atoms with Crippen molar-refractivity contribution in [3.05, 3.63) is 94.8 Å². The lowest BCUT2D eigenvalue weighted by Gasteiger charge is -2.15. The predicted octanol–water partition coefficient (Wildman–Crippen LogP) is 5.82. The number of carboxylic acid groups (broad SMARTS) is 1. The average Bonchev–Trinajstić information content (AvgIpc) is 2.82. The fourth-order valence-corrected chi connectivity index (χ4v) is 3.36. The first-order valence-corrected chi connectivity index (χ1v) is 10.8. The minimum Gasteiger partial charge on any atom is -0.481 e. The van der Waals surface area contributed by atoms with Gasteiger partial charge in [-0.2, -0.15) is 13.2 Å². The molecule has 9 heteroatoms. The van der Waals surface area contributed by atoms with Crippen LogP contribution in [0.2, 0.25) is 0 Å². The van der Waals surface area contributed by atoms with E-state index in [0.29, 0.717) is 19.5 Å². The van der Waals surface area contributed by atoms with Crippen molar-refractivity contribution in [3.8, 4) is 11.1 Å². The summed E-state index contributed by atoms with van der Waals surface area (Å²) in [7, 11) is 0. The predicted molar refractivity (Wildman–Crippen MR) is 124 cm³/mol. The zero-order valence-corrected chi connectivity index (χ0v) is 18.7. The standard InChI is InChI=1S/C26H24F4N2O3/c27-24-4-2-1-3-22(24)21-10-9-20(15-23(21)26(28,29)30)17-35-32-14-11-18-5-7-19(8-6-18)16-31-13-12-25(33)34/h1-10,14-15,31H,11-13,16-17H2,(H,33,34). The molecule has 0 amide bonds. The lowest BCUT2D eigenvalue weighted by molar-refractivity contribution is -0.138. The molecule has 0 aliphatic heterocycles. The summed E-state index contributed by atoms with van der Waals surface area (Å²) in [5, 5.41) is 15.5. The van der Waals surface area contributed by atoms with Gasteiger partial charge in [-0.1, -0.05) is 59.8 Å². The Morgan fingerprint density at radius 1 is 0.971 bits per heavy atom. The molecule has 5 nitrogen and oxygen atoms in total. The van der Waals surface area contributed by atoms with Crippen LogP contribution in [0.1, 0.15) is 28.7 Å². The van der Waals surface area contributed by atoms with Crippen LogP contribution in [0.4, 0.5) is 17.6 Å². The van der Waals surface area contributed by atoms with Gasteiger partial charge in [0.15, 0.2) is 0 Å². The molecule has 3 aromatic carbocycles. The fraction of sp³-hybridized carbons (Fsp3) is 0.231. The number of benzene rings is 3. The van der Waals surface area contributed by atoms with Gasteiger partial charge in [0.1, 0.15) is 12.4 Å². The second-order valence-corrected chi connectivity index (χ2v) is 7.76. The Hall–Kier alpha value is -3.72. The fourth-order valence-electron chi connectivity index (χ4n) is 3.36. The molecule has 2 N–H and O–H groups in total. The summed E-state index contributed by atoms with van der Waals surface area (Å²) in [5.41, 5.74) is 0.933. The number of oxime groups is 1. The zero-order chi connectivity index (χ0) is 25.3. The van der Waals surface area contributed by atoms with Gasteiger partial charge in [-0.05, 0) is 34.4 Å². The first kappa shape index (κ1) is 25.9. The van der Waals surface area contributed by atoms with Gasteiger partial charge in [0, 0.05) is 31.3 Å². The van der Waals surface area contributed by atoms with Gasteiger partial charge in [-0.15, -0.1) is 0 Å². The maximum atomic E-state index is 14.1. The van der Waals surface area contributed by atoms with Crippen molar-refractivity contribution < 1.29 is 32.3 Å². The van der Waals surface area contributed by atoms with Crippen LogP contribution >= 0.6 is 0 Å². The molecule has 0 aliphatic rings. The Morgan fingerprint density at radius 2 is 1.66 bits per heavy atom. The van der Waals surface area contributed by atoms with E-state index in [1.165, 1.54) is 36.5 Å². The molecule has 35 heavy (non-hydrogen) atoms. The summed E-state index contributed by atoms with van der Waals surface area (Å²) >= 11 is 0. The van der Waals surface area contributed by atoms with Crippen LogP contribution in [0.3, 0.4) is 0 Å². The summed E-state index contributed by atoms with van der Waals surface area (Å²) < 4.78 is 54.9. The molecular formula is C26H24F4N2O3. The molecule has 0 spiro atoms. The Labute approximate surface area is 200 Å². The third-order valence-corrected chi connectivity index (χ3v) is 5.13. The third-order valence-electron chi connectivity index (χ3n) is 5.13. The van der Waals surface area contributed by atoms with Crippen molar-refractivity contribution in [2.75, 3.05) is 6.54 Å². The molecule has 184 valence electrons. The van der Waals surface area contributed by atoms with Crippen molar-refractivity contribution in [2.45, 2.75) is 32.2 Å². The van der Waals surface area contributed by atoms with Crippen LogP contribution in [0, 0.1) is 5.82 Å². The molecule has 0 heterocycles. The Balaban J connectivity index is 1.54. The highest BCUT2D eigenvalue weighted by molar-refractivity contribution is 5.69. The van der Waals surface area contributed by atoms with Crippen LogP contribution in [0.15, 0.2) is 71.9 Å². The Kier molecular flexibility index (Phi) is 8.97. The molecule has 0 atom stereocenters. The van der Waals surface area contributed by atoms with E-state index in [9.17, 15) is 22.4 Å². The second-order valence-electron chi connectivity index (χ2n) is 7.76. The quantitative estimate of drug-likeness (QED) is 0.154. The number of alkyl halides is 3. The number of nitrogens with one attached hydrogen (secondary N) is 1. The smallest absolute Gasteiger partial charge is 0.417 e.